The molecule has 1 aliphatic heterocycles. The van der Waals surface area contributed by atoms with Crippen LogP contribution >= 0.6 is 27.3 Å². The van der Waals surface area contributed by atoms with Crippen molar-refractivity contribution < 1.29 is 9.84 Å². The van der Waals surface area contributed by atoms with Crippen LogP contribution in [-0.2, 0) is 12.8 Å². The summed E-state index contributed by atoms with van der Waals surface area (Å²) in [5.74, 6) is 0.969. The van der Waals surface area contributed by atoms with Gasteiger partial charge in [0.2, 0.25) is 0 Å². The highest BCUT2D eigenvalue weighted by Crippen LogP contribution is 2.36. The predicted molar refractivity (Wildman–Crippen MR) is 81.1 cm³/mol. The van der Waals surface area contributed by atoms with Gasteiger partial charge in [-0.3, -0.25) is 0 Å². The summed E-state index contributed by atoms with van der Waals surface area (Å²) in [7, 11) is 0. The maximum Gasteiger partial charge on any atom is 0.125 e. The highest BCUT2D eigenvalue weighted by molar-refractivity contribution is 9.10. The summed E-state index contributed by atoms with van der Waals surface area (Å²) >= 11 is 5.15. The predicted octanol–water partition coefficient (Wildman–Crippen LogP) is 4.03. The molecule has 4 heteroatoms. The SMILES string of the molecule is Cc1ccsc1C(O)Cc1cc(Br)cc2c1OCC2. The van der Waals surface area contributed by atoms with Gasteiger partial charge in [0.05, 0.1) is 12.7 Å². The summed E-state index contributed by atoms with van der Waals surface area (Å²) in [5, 5.41) is 12.4. The zero-order valence-electron chi connectivity index (χ0n) is 10.6. The monoisotopic (exact) mass is 338 g/mol. The molecule has 1 N–H and O–H groups in total. The first kappa shape index (κ1) is 13.2. The van der Waals surface area contributed by atoms with Crippen molar-refractivity contribution in [3.63, 3.8) is 0 Å². The average Bonchev–Trinajstić information content (AvgIpc) is 2.97. The van der Waals surface area contributed by atoms with Crippen molar-refractivity contribution in [3.05, 3.63) is 49.6 Å². The van der Waals surface area contributed by atoms with Crippen LogP contribution in [0.25, 0.3) is 0 Å². The molecule has 1 atom stereocenters. The van der Waals surface area contributed by atoms with Gasteiger partial charge in [-0.25, -0.2) is 0 Å². The van der Waals surface area contributed by atoms with Gasteiger partial charge < -0.3 is 9.84 Å². The molecular formula is C15H15BrO2S. The van der Waals surface area contributed by atoms with E-state index in [2.05, 4.69) is 28.1 Å². The number of aryl methyl sites for hydroxylation is 1. The number of fused-ring (bicyclic) bond motifs is 1. The van der Waals surface area contributed by atoms with E-state index in [0.29, 0.717) is 6.42 Å². The Labute approximate surface area is 125 Å². The normalized spacial score (nSPS) is 15.1. The van der Waals surface area contributed by atoms with Gasteiger partial charge in [-0.15, -0.1) is 11.3 Å². The lowest BCUT2D eigenvalue weighted by molar-refractivity contribution is 0.180. The summed E-state index contributed by atoms with van der Waals surface area (Å²) in [6.07, 6.45) is 1.10. The van der Waals surface area contributed by atoms with Gasteiger partial charge in [0.25, 0.3) is 0 Å². The minimum atomic E-state index is -0.456. The molecule has 1 aromatic heterocycles. The van der Waals surface area contributed by atoms with Gasteiger partial charge in [0, 0.05) is 22.2 Å². The van der Waals surface area contributed by atoms with Crippen molar-refractivity contribution in [1.29, 1.82) is 0 Å². The van der Waals surface area contributed by atoms with Gasteiger partial charge in [0.1, 0.15) is 5.75 Å². The van der Waals surface area contributed by atoms with Crippen LogP contribution in [0.4, 0.5) is 0 Å². The number of halogens is 1. The lowest BCUT2D eigenvalue weighted by Crippen LogP contribution is -2.03. The van der Waals surface area contributed by atoms with E-state index < -0.39 is 6.10 Å². The third-order valence-electron chi connectivity index (χ3n) is 3.44. The number of benzene rings is 1. The number of aliphatic hydroxyl groups excluding tert-OH is 1. The van der Waals surface area contributed by atoms with Crippen LogP contribution in [0.15, 0.2) is 28.1 Å². The summed E-state index contributed by atoms with van der Waals surface area (Å²) < 4.78 is 6.76. The highest BCUT2D eigenvalue weighted by Gasteiger charge is 2.21. The molecule has 2 heterocycles. The fourth-order valence-corrected chi connectivity index (χ4v) is 3.99. The van der Waals surface area contributed by atoms with E-state index in [4.69, 9.17) is 4.74 Å². The molecule has 1 aromatic carbocycles. The van der Waals surface area contributed by atoms with Crippen molar-refractivity contribution in [2.24, 2.45) is 0 Å². The summed E-state index contributed by atoms with van der Waals surface area (Å²) in [4.78, 5) is 1.05. The van der Waals surface area contributed by atoms with Crippen molar-refractivity contribution in [1.82, 2.24) is 0 Å². The molecular weight excluding hydrogens is 324 g/mol. The van der Waals surface area contributed by atoms with Gasteiger partial charge in [-0.05, 0) is 47.2 Å². The summed E-state index contributed by atoms with van der Waals surface area (Å²) in [6.45, 7) is 2.78. The molecule has 0 aliphatic carbocycles. The number of thiophene rings is 1. The van der Waals surface area contributed by atoms with Gasteiger partial charge >= 0.3 is 0 Å². The summed E-state index contributed by atoms with van der Waals surface area (Å²) in [5.41, 5.74) is 3.48. The van der Waals surface area contributed by atoms with Crippen LogP contribution in [0.3, 0.4) is 0 Å². The van der Waals surface area contributed by atoms with E-state index in [9.17, 15) is 5.11 Å². The van der Waals surface area contributed by atoms with Gasteiger partial charge in [-0.2, -0.15) is 0 Å². The molecule has 3 rings (SSSR count). The molecule has 0 bridgehead atoms. The second-order valence-electron chi connectivity index (χ2n) is 4.84. The fraction of sp³-hybridized carbons (Fsp3) is 0.333. The van der Waals surface area contributed by atoms with E-state index in [1.807, 2.05) is 18.4 Å². The topological polar surface area (TPSA) is 29.5 Å². The van der Waals surface area contributed by atoms with Gasteiger partial charge in [0.15, 0.2) is 0 Å². The average molecular weight is 339 g/mol. The van der Waals surface area contributed by atoms with Crippen LogP contribution in [0, 0.1) is 6.92 Å². The van der Waals surface area contributed by atoms with Crippen molar-refractivity contribution >= 4 is 27.3 Å². The van der Waals surface area contributed by atoms with Crippen LogP contribution < -0.4 is 4.74 Å². The van der Waals surface area contributed by atoms with E-state index in [1.54, 1.807) is 11.3 Å². The maximum atomic E-state index is 10.4. The largest absolute Gasteiger partial charge is 0.493 e. The Morgan fingerprint density at radius 3 is 3.05 bits per heavy atom. The Balaban J connectivity index is 1.90. The summed E-state index contributed by atoms with van der Waals surface area (Å²) in [6, 6.07) is 6.20. The van der Waals surface area contributed by atoms with Crippen LogP contribution in [-0.4, -0.2) is 11.7 Å². The maximum absolute atomic E-state index is 10.4. The molecule has 0 saturated heterocycles. The second kappa shape index (κ2) is 5.27. The Kier molecular flexibility index (Phi) is 3.65. The number of hydrogen-bond donors (Lipinski definition) is 1. The third-order valence-corrected chi connectivity index (χ3v) is 5.02. The molecule has 0 spiro atoms. The zero-order valence-corrected chi connectivity index (χ0v) is 13.1. The fourth-order valence-electron chi connectivity index (χ4n) is 2.52. The molecule has 19 heavy (non-hydrogen) atoms. The molecule has 2 nitrogen and oxygen atoms in total. The van der Waals surface area contributed by atoms with Gasteiger partial charge in [-0.1, -0.05) is 15.9 Å². The van der Waals surface area contributed by atoms with E-state index in [0.717, 1.165) is 39.3 Å². The molecule has 1 aliphatic rings. The standard InChI is InChI=1S/C15H15BrO2S/c1-9-3-5-19-15(9)13(17)8-11-7-12(16)6-10-2-4-18-14(10)11/h3,5-7,13,17H,2,4,8H2,1H3. The Morgan fingerprint density at radius 2 is 2.32 bits per heavy atom. The van der Waals surface area contributed by atoms with E-state index >= 15 is 0 Å². The smallest absolute Gasteiger partial charge is 0.125 e. The van der Waals surface area contributed by atoms with Crippen LogP contribution in [0.1, 0.15) is 27.7 Å². The second-order valence-corrected chi connectivity index (χ2v) is 6.70. The molecule has 2 aromatic rings. The first-order valence-electron chi connectivity index (χ1n) is 6.31. The Hall–Kier alpha value is -0.840. The first-order valence-corrected chi connectivity index (χ1v) is 7.98. The van der Waals surface area contributed by atoms with Crippen molar-refractivity contribution in [2.45, 2.75) is 25.9 Å². The van der Waals surface area contributed by atoms with Crippen molar-refractivity contribution in [2.75, 3.05) is 6.61 Å². The van der Waals surface area contributed by atoms with Crippen molar-refractivity contribution in [3.8, 4) is 5.75 Å². The first-order chi connectivity index (χ1) is 9.15. The van der Waals surface area contributed by atoms with Crippen LogP contribution in [0.2, 0.25) is 0 Å². The minimum absolute atomic E-state index is 0.456. The van der Waals surface area contributed by atoms with Crippen LogP contribution in [0.5, 0.6) is 5.75 Å². The van der Waals surface area contributed by atoms with E-state index in [1.165, 1.54) is 5.56 Å². The molecule has 100 valence electrons. The lowest BCUT2D eigenvalue weighted by atomic mass is 10.0. The van der Waals surface area contributed by atoms with E-state index in [-0.39, 0.29) is 0 Å². The quantitative estimate of drug-likeness (QED) is 0.915. The number of rotatable bonds is 3. The number of ether oxygens (including phenoxy) is 1. The molecule has 0 saturated carbocycles. The highest BCUT2D eigenvalue weighted by atomic mass is 79.9. The number of hydrogen-bond acceptors (Lipinski definition) is 3. The molecule has 0 radical (unpaired) electrons. The lowest BCUT2D eigenvalue weighted by Gasteiger charge is -2.13. The molecule has 1 unspecified atom stereocenters. The molecule has 0 fully saturated rings. The Morgan fingerprint density at radius 1 is 1.47 bits per heavy atom. The third kappa shape index (κ3) is 2.57. The Bertz CT molecular complexity index is 606. The zero-order chi connectivity index (χ0) is 13.4. The minimum Gasteiger partial charge on any atom is -0.493 e. The number of aliphatic hydroxyl groups is 1. The molecule has 0 amide bonds.